The zero-order chi connectivity index (χ0) is 30.2. The first kappa shape index (κ1) is 31.7. The summed E-state index contributed by atoms with van der Waals surface area (Å²) in [7, 11) is -4.13. The number of carbonyl (C=O) groups is 2. The van der Waals surface area contributed by atoms with E-state index in [2.05, 4.69) is 5.32 Å². The second-order valence-electron chi connectivity index (χ2n) is 10.2. The van der Waals surface area contributed by atoms with Gasteiger partial charge in [0.2, 0.25) is 11.8 Å². The monoisotopic (exact) mass is 579 g/mol. The Hall–Kier alpha value is -3.85. The highest BCUT2D eigenvalue weighted by atomic mass is 32.2. The molecule has 0 spiro atoms. The Morgan fingerprint density at radius 2 is 1.54 bits per heavy atom. The molecule has 2 amide bonds. The number of aryl methyl sites for hydroxylation is 2. The molecule has 0 bridgehead atoms. The third-order valence-corrected chi connectivity index (χ3v) is 8.88. The Bertz CT molecular complexity index is 1420. The molecule has 8 nitrogen and oxygen atoms in total. The molecule has 0 heterocycles. The zero-order valence-corrected chi connectivity index (χ0v) is 25.6. The first-order valence-electron chi connectivity index (χ1n) is 13.9. The minimum atomic E-state index is -4.13. The summed E-state index contributed by atoms with van der Waals surface area (Å²) in [6.07, 6.45) is 0.741. The maximum Gasteiger partial charge on any atom is 0.264 e. The van der Waals surface area contributed by atoms with Crippen LogP contribution in [0.3, 0.4) is 0 Å². The third-order valence-electron chi connectivity index (χ3n) is 7.09. The lowest BCUT2D eigenvalue weighted by molar-refractivity contribution is -0.139. The molecule has 3 rings (SSSR count). The molecule has 3 aromatic carbocycles. The van der Waals surface area contributed by atoms with E-state index in [4.69, 9.17) is 4.74 Å². The molecule has 0 saturated carbocycles. The van der Waals surface area contributed by atoms with Gasteiger partial charge in [0, 0.05) is 12.6 Å². The summed E-state index contributed by atoms with van der Waals surface area (Å²) >= 11 is 0. The first-order valence-corrected chi connectivity index (χ1v) is 15.4. The number of hydrogen-bond donors (Lipinski definition) is 1. The quantitative estimate of drug-likeness (QED) is 0.299. The van der Waals surface area contributed by atoms with Crippen LogP contribution in [0.15, 0.2) is 77.7 Å². The van der Waals surface area contributed by atoms with Crippen molar-refractivity contribution < 1.29 is 22.7 Å². The van der Waals surface area contributed by atoms with Crippen molar-refractivity contribution in [3.63, 3.8) is 0 Å². The summed E-state index contributed by atoms with van der Waals surface area (Å²) < 4.78 is 34.5. The molecule has 2 atom stereocenters. The molecule has 3 aromatic rings. The lowest BCUT2D eigenvalue weighted by Gasteiger charge is -2.32. The zero-order valence-electron chi connectivity index (χ0n) is 24.8. The number of anilines is 1. The molecule has 0 aliphatic heterocycles. The maximum absolute atomic E-state index is 14.1. The van der Waals surface area contributed by atoms with Crippen LogP contribution in [0.1, 0.15) is 50.8 Å². The van der Waals surface area contributed by atoms with E-state index in [1.807, 2.05) is 58.9 Å². The van der Waals surface area contributed by atoms with Gasteiger partial charge in [-0.15, -0.1) is 0 Å². The average molecular weight is 580 g/mol. The fourth-order valence-electron chi connectivity index (χ4n) is 4.26. The van der Waals surface area contributed by atoms with Crippen LogP contribution in [0.4, 0.5) is 5.69 Å². The summed E-state index contributed by atoms with van der Waals surface area (Å²) in [6, 6.07) is 19.8. The van der Waals surface area contributed by atoms with Crippen molar-refractivity contribution in [2.45, 2.75) is 71.5 Å². The van der Waals surface area contributed by atoms with Crippen LogP contribution >= 0.6 is 0 Å². The van der Waals surface area contributed by atoms with Crippen molar-refractivity contribution in [2.75, 3.05) is 17.5 Å². The van der Waals surface area contributed by atoms with Crippen molar-refractivity contribution in [3.8, 4) is 5.75 Å². The number of amides is 2. The molecule has 0 unspecified atom stereocenters. The van der Waals surface area contributed by atoms with Crippen molar-refractivity contribution >= 4 is 27.5 Å². The van der Waals surface area contributed by atoms with E-state index in [0.717, 1.165) is 27.4 Å². The summed E-state index contributed by atoms with van der Waals surface area (Å²) in [5.74, 6) is -0.202. The van der Waals surface area contributed by atoms with Crippen molar-refractivity contribution in [3.05, 3.63) is 89.5 Å². The van der Waals surface area contributed by atoms with Crippen LogP contribution < -0.4 is 14.4 Å². The van der Waals surface area contributed by atoms with E-state index in [1.54, 1.807) is 43.3 Å². The normalized spacial score (nSPS) is 12.7. The van der Waals surface area contributed by atoms with Gasteiger partial charge in [0.1, 0.15) is 18.3 Å². The van der Waals surface area contributed by atoms with Crippen molar-refractivity contribution in [2.24, 2.45) is 0 Å². The molecule has 0 fully saturated rings. The van der Waals surface area contributed by atoms with Gasteiger partial charge in [-0.2, -0.15) is 0 Å². The van der Waals surface area contributed by atoms with E-state index in [1.165, 1.54) is 17.0 Å². The number of ether oxygens (including phenoxy) is 1. The Labute approximate surface area is 244 Å². The van der Waals surface area contributed by atoms with E-state index in [-0.39, 0.29) is 23.4 Å². The SMILES string of the molecule is CCOc1ccc(N(CC(=O)N(Cc2ccccc2C)[C@@H](C)C(=O)N[C@H](C)CC)S(=O)(=O)c2ccc(C)cc2)cc1. The number of rotatable bonds is 13. The van der Waals surface area contributed by atoms with E-state index in [0.29, 0.717) is 18.0 Å². The van der Waals surface area contributed by atoms with Gasteiger partial charge in [0.05, 0.1) is 17.2 Å². The molecule has 220 valence electrons. The molecule has 0 radical (unpaired) electrons. The summed E-state index contributed by atoms with van der Waals surface area (Å²) in [5.41, 5.74) is 3.07. The number of sulfonamides is 1. The molecule has 41 heavy (non-hydrogen) atoms. The van der Waals surface area contributed by atoms with Gasteiger partial charge in [-0.05, 0) is 88.6 Å². The molecule has 0 aliphatic rings. The molecule has 0 aromatic heterocycles. The third kappa shape index (κ3) is 8.10. The molecule has 0 saturated heterocycles. The Morgan fingerprint density at radius 1 is 0.902 bits per heavy atom. The fraction of sp³-hybridized carbons (Fsp3) is 0.375. The molecular formula is C32H41N3O5S. The van der Waals surface area contributed by atoms with Crippen LogP contribution in [0.2, 0.25) is 0 Å². The van der Waals surface area contributed by atoms with Gasteiger partial charge in [0.15, 0.2) is 0 Å². The average Bonchev–Trinajstić information content (AvgIpc) is 2.95. The lowest BCUT2D eigenvalue weighted by Crippen LogP contribution is -2.52. The summed E-state index contributed by atoms with van der Waals surface area (Å²) in [6.45, 7) is 11.4. The molecule has 9 heteroatoms. The predicted molar refractivity (Wildman–Crippen MR) is 162 cm³/mol. The van der Waals surface area contributed by atoms with E-state index < -0.39 is 28.5 Å². The van der Waals surface area contributed by atoms with Gasteiger partial charge < -0.3 is 15.0 Å². The molecular weight excluding hydrogens is 538 g/mol. The second-order valence-corrected chi connectivity index (χ2v) is 12.1. The minimum Gasteiger partial charge on any atom is -0.494 e. The Morgan fingerprint density at radius 3 is 2.12 bits per heavy atom. The number of nitrogens with one attached hydrogen (secondary N) is 1. The largest absolute Gasteiger partial charge is 0.494 e. The first-order chi connectivity index (χ1) is 19.5. The highest BCUT2D eigenvalue weighted by molar-refractivity contribution is 7.92. The van der Waals surface area contributed by atoms with Gasteiger partial charge in [-0.1, -0.05) is 48.9 Å². The Kier molecular flexibility index (Phi) is 10.9. The maximum atomic E-state index is 14.1. The number of benzene rings is 3. The minimum absolute atomic E-state index is 0.0670. The van der Waals surface area contributed by atoms with Gasteiger partial charge in [-0.3, -0.25) is 13.9 Å². The summed E-state index contributed by atoms with van der Waals surface area (Å²) in [5, 5.41) is 2.95. The van der Waals surface area contributed by atoms with Crippen LogP contribution in [-0.4, -0.2) is 50.4 Å². The number of hydrogen-bond acceptors (Lipinski definition) is 5. The van der Waals surface area contributed by atoms with E-state index >= 15 is 0 Å². The molecule has 0 aliphatic carbocycles. The fourth-order valence-corrected chi connectivity index (χ4v) is 5.67. The van der Waals surface area contributed by atoms with Gasteiger partial charge in [0.25, 0.3) is 10.0 Å². The van der Waals surface area contributed by atoms with Crippen molar-refractivity contribution in [1.29, 1.82) is 0 Å². The van der Waals surface area contributed by atoms with Crippen LogP contribution in [0, 0.1) is 13.8 Å². The smallest absolute Gasteiger partial charge is 0.264 e. The Balaban J connectivity index is 2.04. The lowest BCUT2D eigenvalue weighted by atomic mass is 10.1. The number of nitrogens with zero attached hydrogens (tertiary/aromatic N) is 2. The van der Waals surface area contributed by atoms with Crippen molar-refractivity contribution in [1.82, 2.24) is 10.2 Å². The van der Waals surface area contributed by atoms with Crippen LogP contribution in [-0.2, 0) is 26.2 Å². The standard InChI is InChI=1S/C32H41N3O5S/c1-7-25(5)33-32(37)26(6)34(21-27-12-10-9-11-24(27)4)31(36)22-35(28-15-17-29(18-16-28)40-8-2)41(38,39)30-19-13-23(3)14-20-30/h9-20,25-26H,7-8,21-22H2,1-6H3,(H,33,37)/t25-,26+/m1/s1. The summed E-state index contributed by atoms with van der Waals surface area (Å²) in [4.78, 5) is 28.8. The second kappa shape index (κ2) is 14.2. The van der Waals surface area contributed by atoms with Gasteiger partial charge >= 0.3 is 0 Å². The topological polar surface area (TPSA) is 96.0 Å². The molecule has 1 N–H and O–H groups in total. The van der Waals surface area contributed by atoms with Gasteiger partial charge in [-0.25, -0.2) is 8.42 Å². The van der Waals surface area contributed by atoms with E-state index in [9.17, 15) is 18.0 Å². The predicted octanol–water partition coefficient (Wildman–Crippen LogP) is 5.23. The van der Waals surface area contributed by atoms with Crippen LogP contribution in [0.25, 0.3) is 0 Å². The van der Waals surface area contributed by atoms with Crippen LogP contribution in [0.5, 0.6) is 5.75 Å². The highest BCUT2D eigenvalue weighted by Gasteiger charge is 2.33. The number of carbonyl (C=O) groups excluding carboxylic acids is 2. The highest BCUT2D eigenvalue weighted by Crippen LogP contribution is 2.27.